The van der Waals surface area contributed by atoms with Gasteiger partial charge in [-0.1, -0.05) is 19.1 Å². The van der Waals surface area contributed by atoms with Crippen LogP contribution in [0.1, 0.15) is 29.0 Å². The number of aryl methyl sites for hydroxylation is 1. The topological polar surface area (TPSA) is 12.0 Å². The lowest BCUT2D eigenvalue weighted by molar-refractivity contribution is 0.637. The number of thiophene rings is 1. The van der Waals surface area contributed by atoms with E-state index in [2.05, 4.69) is 77.5 Å². The van der Waals surface area contributed by atoms with E-state index >= 15 is 0 Å². The summed E-state index contributed by atoms with van der Waals surface area (Å²) in [5.74, 6) is 0. The van der Waals surface area contributed by atoms with Crippen LogP contribution in [0, 0.1) is 10.5 Å². The molecule has 3 heteroatoms. The second-order valence-electron chi connectivity index (χ2n) is 4.01. The Balaban J connectivity index is 2.39. The number of hydrogen-bond acceptors (Lipinski definition) is 2. The molecule has 1 unspecified atom stereocenters. The molecule has 1 aromatic carbocycles. The van der Waals surface area contributed by atoms with Crippen molar-refractivity contribution < 1.29 is 0 Å². The summed E-state index contributed by atoms with van der Waals surface area (Å²) in [6.07, 6.45) is 0. The van der Waals surface area contributed by atoms with Crippen LogP contribution in [0.2, 0.25) is 0 Å². The zero-order chi connectivity index (χ0) is 12.3. The minimum Gasteiger partial charge on any atom is -0.306 e. The van der Waals surface area contributed by atoms with Gasteiger partial charge in [-0.3, -0.25) is 0 Å². The van der Waals surface area contributed by atoms with E-state index in [0.29, 0.717) is 6.04 Å². The molecule has 0 fully saturated rings. The Morgan fingerprint density at radius 3 is 2.76 bits per heavy atom. The normalized spacial score (nSPS) is 12.6. The van der Waals surface area contributed by atoms with Crippen molar-refractivity contribution in [1.29, 1.82) is 0 Å². The first kappa shape index (κ1) is 13.1. The van der Waals surface area contributed by atoms with Gasteiger partial charge in [-0.15, -0.1) is 11.3 Å². The van der Waals surface area contributed by atoms with Crippen LogP contribution in [0.3, 0.4) is 0 Å². The molecule has 0 amide bonds. The third-order valence-electron chi connectivity index (χ3n) is 2.75. The molecule has 1 atom stereocenters. The molecule has 0 aliphatic heterocycles. The van der Waals surface area contributed by atoms with Gasteiger partial charge in [0.1, 0.15) is 0 Å². The molecule has 17 heavy (non-hydrogen) atoms. The van der Waals surface area contributed by atoms with Crippen molar-refractivity contribution in [2.75, 3.05) is 6.54 Å². The molecule has 2 rings (SSSR count). The van der Waals surface area contributed by atoms with Crippen molar-refractivity contribution in [3.8, 4) is 0 Å². The van der Waals surface area contributed by atoms with Gasteiger partial charge in [0, 0.05) is 8.45 Å². The first-order valence-corrected chi connectivity index (χ1v) is 7.71. The van der Waals surface area contributed by atoms with Gasteiger partial charge in [-0.05, 0) is 70.8 Å². The van der Waals surface area contributed by atoms with Crippen LogP contribution in [0.15, 0.2) is 35.7 Å². The molecule has 0 saturated heterocycles. The number of rotatable bonds is 4. The molecule has 0 bridgehead atoms. The summed E-state index contributed by atoms with van der Waals surface area (Å²) in [7, 11) is 0. The SMILES string of the molecule is CCNC(c1cccc(I)c1)c1sccc1C. The highest BCUT2D eigenvalue weighted by Gasteiger charge is 2.16. The van der Waals surface area contributed by atoms with Crippen LogP contribution in [-0.2, 0) is 0 Å². The molecule has 1 heterocycles. The van der Waals surface area contributed by atoms with E-state index < -0.39 is 0 Å². The van der Waals surface area contributed by atoms with E-state index in [0.717, 1.165) is 6.54 Å². The van der Waals surface area contributed by atoms with Crippen LogP contribution in [0.4, 0.5) is 0 Å². The summed E-state index contributed by atoms with van der Waals surface area (Å²) in [5, 5.41) is 5.75. The van der Waals surface area contributed by atoms with Crippen molar-refractivity contribution in [3.05, 3.63) is 55.3 Å². The lowest BCUT2D eigenvalue weighted by Crippen LogP contribution is -2.21. The first-order chi connectivity index (χ1) is 8.22. The van der Waals surface area contributed by atoms with Crippen LogP contribution in [0.5, 0.6) is 0 Å². The maximum absolute atomic E-state index is 3.58. The molecule has 0 aliphatic carbocycles. The van der Waals surface area contributed by atoms with Crippen molar-refractivity contribution in [2.24, 2.45) is 0 Å². The standard InChI is InChI=1S/C14H16INS/c1-3-16-13(14-10(2)7-8-17-14)11-5-4-6-12(15)9-11/h4-9,13,16H,3H2,1-2H3. The highest BCUT2D eigenvalue weighted by molar-refractivity contribution is 14.1. The van der Waals surface area contributed by atoms with Gasteiger partial charge in [0.2, 0.25) is 0 Å². The van der Waals surface area contributed by atoms with E-state index in [4.69, 9.17) is 0 Å². The summed E-state index contributed by atoms with van der Waals surface area (Å²) in [6.45, 7) is 5.32. The summed E-state index contributed by atoms with van der Waals surface area (Å²) in [5.41, 5.74) is 2.73. The first-order valence-electron chi connectivity index (χ1n) is 5.75. The molecule has 1 N–H and O–H groups in total. The smallest absolute Gasteiger partial charge is 0.0674 e. The van der Waals surface area contributed by atoms with Gasteiger partial charge in [-0.25, -0.2) is 0 Å². The van der Waals surface area contributed by atoms with Crippen molar-refractivity contribution >= 4 is 33.9 Å². The molecule has 1 nitrogen and oxygen atoms in total. The molecule has 2 aromatic rings. The lowest BCUT2D eigenvalue weighted by atomic mass is 10.0. The van der Waals surface area contributed by atoms with Gasteiger partial charge in [0.15, 0.2) is 0 Å². The molecule has 1 aromatic heterocycles. The van der Waals surface area contributed by atoms with E-state index in [1.54, 1.807) is 0 Å². The number of nitrogens with one attached hydrogen (secondary N) is 1. The summed E-state index contributed by atoms with van der Waals surface area (Å²) in [4.78, 5) is 1.42. The number of benzene rings is 1. The Kier molecular flexibility index (Phi) is 4.59. The fourth-order valence-corrected chi connectivity index (χ4v) is 3.53. The highest BCUT2D eigenvalue weighted by atomic mass is 127. The average molecular weight is 357 g/mol. The van der Waals surface area contributed by atoms with E-state index in [-0.39, 0.29) is 0 Å². The lowest BCUT2D eigenvalue weighted by Gasteiger charge is -2.18. The fourth-order valence-electron chi connectivity index (χ4n) is 1.93. The Morgan fingerprint density at radius 1 is 1.35 bits per heavy atom. The Morgan fingerprint density at radius 2 is 2.18 bits per heavy atom. The fraction of sp³-hybridized carbons (Fsp3) is 0.286. The third kappa shape index (κ3) is 3.09. The summed E-state index contributed by atoms with van der Waals surface area (Å²) in [6, 6.07) is 11.2. The van der Waals surface area contributed by atoms with E-state index in [9.17, 15) is 0 Å². The second-order valence-corrected chi connectivity index (χ2v) is 6.21. The predicted molar refractivity (Wildman–Crippen MR) is 83.7 cm³/mol. The van der Waals surface area contributed by atoms with E-state index in [1.165, 1.54) is 19.6 Å². The van der Waals surface area contributed by atoms with Crippen molar-refractivity contribution in [2.45, 2.75) is 19.9 Å². The minimum absolute atomic E-state index is 0.328. The summed E-state index contributed by atoms with van der Waals surface area (Å²) < 4.78 is 1.29. The van der Waals surface area contributed by atoms with Gasteiger partial charge in [0.05, 0.1) is 6.04 Å². The van der Waals surface area contributed by atoms with Crippen molar-refractivity contribution in [3.63, 3.8) is 0 Å². The van der Waals surface area contributed by atoms with Gasteiger partial charge in [-0.2, -0.15) is 0 Å². The minimum atomic E-state index is 0.328. The Hall–Kier alpha value is -0.390. The van der Waals surface area contributed by atoms with Crippen LogP contribution >= 0.6 is 33.9 Å². The monoisotopic (exact) mass is 357 g/mol. The van der Waals surface area contributed by atoms with Gasteiger partial charge in [0.25, 0.3) is 0 Å². The molecular weight excluding hydrogens is 341 g/mol. The number of hydrogen-bond donors (Lipinski definition) is 1. The third-order valence-corrected chi connectivity index (χ3v) is 4.51. The predicted octanol–water partition coefficient (Wildman–Crippen LogP) is 4.36. The van der Waals surface area contributed by atoms with Crippen LogP contribution in [0.25, 0.3) is 0 Å². The van der Waals surface area contributed by atoms with Crippen molar-refractivity contribution in [1.82, 2.24) is 5.32 Å². The molecular formula is C14H16INS. The summed E-state index contributed by atoms with van der Waals surface area (Å²) >= 11 is 4.20. The zero-order valence-electron chi connectivity index (χ0n) is 10.0. The van der Waals surface area contributed by atoms with E-state index in [1.807, 2.05) is 11.3 Å². The van der Waals surface area contributed by atoms with Crippen LogP contribution in [-0.4, -0.2) is 6.54 Å². The molecule has 0 aliphatic rings. The Labute approximate surface area is 120 Å². The van der Waals surface area contributed by atoms with Gasteiger partial charge < -0.3 is 5.32 Å². The molecule has 0 saturated carbocycles. The van der Waals surface area contributed by atoms with Gasteiger partial charge >= 0.3 is 0 Å². The maximum Gasteiger partial charge on any atom is 0.0674 e. The molecule has 0 radical (unpaired) electrons. The molecule has 90 valence electrons. The molecule has 0 spiro atoms. The Bertz CT molecular complexity index is 492. The average Bonchev–Trinajstić information content (AvgIpc) is 2.72. The number of halogens is 1. The second kappa shape index (κ2) is 5.98. The highest BCUT2D eigenvalue weighted by Crippen LogP contribution is 2.29. The maximum atomic E-state index is 3.58. The van der Waals surface area contributed by atoms with Crippen LogP contribution < -0.4 is 5.32 Å². The zero-order valence-corrected chi connectivity index (χ0v) is 13.0. The quantitative estimate of drug-likeness (QED) is 0.802. The largest absolute Gasteiger partial charge is 0.306 e.